The van der Waals surface area contributed by atoms with Crippen LogP contribution in [-0.2, 0) is 0 Å². The summed E-state index contributed by atoms with van der Waals surface area (Å²) < 4.78 is 5.42. The molecule has 0 atom stereocenters. The van der Waals surface area contributed by atoms with Crippen molar-refractivity contribution in [2.45, 2.75) is 13.8 Å². The zero-order valence-electron chi connectivity index (χ0n) is 12.6. The van der Waals surface area contributed by atoms with E-state index >= 15 is 0 Å². The van der Waals surface area contributed by atoms with Gasteiger partial charge in [-0.05, 0) is 49.2 Å². The fraction of sp³-hybridized carbons (Fsp3) is 0.118. The molecule has 2 aromatic carbocycles. The van der Waals surface area contributed by atoms with E-state index in [0.717, 1.165) is 11.1 Å². The Labute approximate surface area is 138 Å². The molecule has 0 aliphatic rings. The molecular weight excluding hydrogens is 314 g/mol. The zero-order valence-corrected chi connectivity index (χ0v) is 13.4. The summed E-state index contributed by atoms with van der Waals surface area (Å²) in [5.74, 6) is -0.363. The Morgan fingerprint density at radius 3 is 2.61 bits per heavy atom. The molecule has 1 heterocycles. The molecule has 5 nitrogen and oxygen atoms in total. The maximum atomic E-state index is 12.2. The number of nitrogens with one attached hydrogen (secondary N) is 1. The minimum Gasteiger partial charge on any atom is -0.412 e. The minimum absolute atomic E-state index is 0.113. The van der Waals surface area contributed by atoms with E-state index in [4.69, 9.17) is 16.0 Å². The number of aromatic nitrogens is 2. The molecule has 0 aliphatic carbocycles. The standard InChI is InChI=1S/C17H14ClN3O2/c1-10-7-8-12(9-11(10)2)19-15(22)17-21-20-16(23-17)13-5-3-4-6-14(13)18/h3-9H,1-2H3,(H,19,22). The lowest BCUT2D eigenvalue weighted by Crippen LogP contribution is -2.12. The van der Waals surface area contributed by atoms with Gasteiger partial charge in [-0.3, -0.25) is 4.79 Å². The third-order valence-electron chi connectivity index (χ3n) is 3.49. The van der Waals surface area contributed by atoms with Crippen LogP contribution in [0.1, 0.15) is 21.8 Å². The van der Waals surface area contributed by atoms with E-state index in [1.165, 1.54) is 0 Å². The predicted octanol–water partition coefficient (Wildman–Crippen LogP) is 4.26. The van der Waals surface area contributed by atoms with Crippen molar-refractivity contribution in [3.63, 3.8) is 0 Å². The Morgan fingerprint density at radius 2 is 1.87 bits per heavy atom. The van der Waals surface area contributed by atoms with Crippen LogP contribution in [0.15, 0.2) is 46.9 Å². The van der Waals surface area contributed by atoms with Crippen molar-refractivity contribution in [2.24, 2.45) is 0 Å². The molecule has 0 aliphatic heterocycles. The van der Waals surface area contributed by atoms with Gasteiger partial charge in [0.15, 0.2) is 0 Å². The number of carbonyl (C=O) groups excluding carboxylic acids is 1. The summed E-state index contributed by atoms with van der Waals surface area (Å²) in [6.45, 7) is 3.99. The van der Waals surface area contributed by atoms with Gasteiger partial charge in [0.25, 0.3) is 0 Å². The fourth-order valence-corrected chi connectivity index (χ4v) is 2.28. The van der Waals surface area contributed by atoms with Crippen LogP contribution < -0.4 is 5.32 Å². The summed E-state index contributed by atoms with van der Waals surface area (Å²) in [7, 11) is 0. The molecule has 1 amide bonds. The van der Waals surface area contributed by atoms with E-state index in [1.807, 2.05) is 32.0 Å². The second kappa shape index (κ2) is 6.22. The molecule has 23 heavy (non-hydrogen) atoms. The van der Waals surface area contributed by atoms with Gasteiger partial charge >= 0.3 is 11.8 Å². The largest absolute Gasteiger partial charge is 0.412 e. The second-order valence-corrected chi connectivity index (χ2v) is 5.55. The maximum absolute atomic E-state index is 12.2. The highest BCUT2D eigenvalue weighted by atomic mass is 35.5. The molecular formula is C17H14ClN3O2. The Morgan fingerprint density at radius 1 is 1.09 bits per heavy atom. The van der Waals surface area contributed by atoms with Crippen LogP contribution in [0.2, 0.25) is 5.02 Å². The van der Waals surface area contributed by atoms with E-state index in [9.17, 15) is 4.79 Å². The predicted molar refractivity (Wildman–Crippen MR) is 88.6 cm³/mol. The molecule has 0 radical (unpaired) electrons. The molecule has 0 saturated carbocycles. The van der Waals surface area contributed by atoms with E-state index in [-0.39, 0.29) is 11.8 Å². The number of amides is 1. The van der Waals surface area contributed by atoms with E-state index in [2.05, 4.69) is 15.5 Å². The monoisotopic (exact) mass is 327 g/mol. The van der Waals surface area contributed by atoms with Crippen LogP contribution in [-0.4, -0.2) is 16.1 Å². The summed E-state index contributed by atoms with van der Waals surface area (Å²) in [6, 6.07) is 12.7. The van der Waals surface area contributed by atoms with Crippen molar-refractivity contribution in [3.8, 4) is 11.5 Å². The van der Waals surface area contributed by atoms with E-state index < -0.39 is 5.91 Å². The van der Waals surface area contributed by atoms with Crippen LogP contribution in [0.5, 0.6) is 0 Å². The van der Waals surface area contributed by atoms with E-state index in [0.29, 0.717) is 16.3 Å². The third-order valence-corrected chi connectivity index (χ3v) is 3.82. The van der Waals surface area contributed by atoms with Crippen molar-refractivity contribution in [1.29, 1.82) is 0 Å². The molecule has 3 aromatic rings. The quantitative estimate of drug-likeness (QED) is 0.780. The molecule has 0 fully saturated rings. The lowest BCUT2D eigenvalue weighted by molar-refractivity contribution is 0.0991. The van der Waals surface area contributed by atoms with Crippen LogP contribution in [0.25, 0.3) is 11.5 Å². The molecule has 0 spiro atoms. The van der Waals surface area contributed by atoms with Crippen molar-refractivity contribution >= 4 is 23.2 Å². The number of aryl methyl sites for hydroxylation is 2. The summed E-state index contributed by atoms with van der Waals surface area (Å²) in [5, 5.41) is 10.9. The molecule has 3 rings (SSSR count). The van der Waals surface area contributed by atoms with Gasteiger partial charge in [0.1, 0.15) is 0 Å². The fourth-order valence-electron chi connectivity index (χ4n) is 2.06. The smallest absolute Gasteiger partial charge is 0.313 e. The van der Waals surface area contributed by atoms with Crippen LogP contribution in [0, 0.1) is 13.8 Å². The molecule has 6 heteroatoms. The van der Waals surface area contributed by atoms with E-state index in [1.54, 1.807) is 24.3 Å². The van der Waals surface area contributed by atoms with Crippen molar-refractivity contribution in [3.05, 3.63) is 64.5 Å². The lowest BCUT2D eigenvalue weighted by atomic mass is 10.1. The number of benzene rings is 2. The maximum Gasteiger partial charge on any atom is 0.313 e. The highest BCUT2D eigenvalue weighted by Crippen LogP contribution is 2.26. The summed E-state index contributed by atoms with van der Waals surface area (Å²) in [5.41, 5.74) is 3.51. The Kier molecular flexibility index (Phi) is 4.12. The summed E-state index contributed by atoms with van der Waals surface area (Å²) >= 11 is 6.08. The van der Waals surface area contributed by atoms with Crippen molar-refractivity contribution in [1.82, 2.24) is 10.2 Å². The Hall–Kier alpha value is -2.66. The van der Waals surface area contributed by atoms with Gasteiger partial charge in [-0.25, -0.2) is 0 Å². The lowest BCUT2D eigenvalue weighted by Gasteiger charge is -2.05. The Bertz CT molecular complexity index is 874. The molecule has 1 N–H and O–H groups in total. The molecule has 0 bridgehead atoms. The highest BCUT2D eigenvalue weighted by Gasteiger charge is 2.17. The first-order valence-corrected chi connectivity index (χ1v) is 7.39. The van der Waals surface area contributed by atoms with Gasteiger partial charge in [0.2, 0.25) is 5.89 Å². The van der Waals surface area contributed by atoms with Gasteiger partial charge < -0.3 is 9.73 Å². The number of hydrogen-bond donors (Lipinski definition) is 1. The van der Waals surface area contributed by atoms with Crippen LogP contribution in [0.3, 0.4) is 0 Å². The number of nitrogens with zero attached hydrogens (tertiary/aromatic N) is 2. The zero-order chi connectivity index (χ0) is 16.4. The number of halogens is 1. The van der Waals surface area contributed by atoms with Gasteiger partial charge in [0.05, 0.1) is 10.6 Å². The first kappa shape index (κ1) is 15.2. The van der Waals surface area contributed by atoms with Crippen molar-refractivity contribution in [2.75, 3.05) is 5.32 Å². The average molecular weight is 328 g/mol. The van der Waals surface area contributed by atoms with Crippen molar-refractivity contribution < 1.29 is 9.21 Å². The third kappa shape index (κ3) is 3.24. The average Bonchev–Trinajstić information content (AvgIpc) is 3.01. The topological polar surface area (TPSA) is 68.0 Å². The van der Waals surface area contributed by atoms with Gasteiger partial charge in [-0.1, -0.05) is 29.8 Å². The first-order chi connectivity index (χ1) is 11.0. The number of hydrogen-bond acceptors (Lipinski definition) is 4. The van der Waals surface area contributed by atoms with Crippen LogP contribution in [0.4, 0.5) is 5.69 Å². The molecule has 116 valence electrons. The first-order valence-electron chi connectivity index (χ1n) is 7.01. The Balaban J connectivity index is 1.81. The number of anilines is 1. The van der Waals surface area contributed by atoms with Gasteiger partial charge in [0, 0.05) is 5.69 Å². The normalized spacial score (nSPS) is 10.6. The van der Waals surface area contributed by atoms with Gasteiger partial charge in [-0.15, -0.1) is 10.2 Å². The van der Waals surface area contributed by atoms with Crippen LogP contribution >= 0.6 is 11.6 Å². The second-order valence-electron chi connectivity index (χ2n) is 5.15. The summed E-state index contributed by atoms with van der Waals surface area (Å²) in [6.07, 6.45) is 0. The van der Waals surface area contributed by atoms with Gasteiger partial charge in [-0.2, -0.15) is 0 Å². The molecule has 0 unspecified atom stereocenters. The number of rotatable bonds is 3. The SMILES string of the molecule is Cc1ccc(NC(=O)c2nnc(-c3ccccc3Cl)o2)cc1C. The molecule has 0 saturated heterocycles. The highest BCUT2D eigenvalue weighted by molar-refractivity contribution is 6.33. The minimum atomic E-state index is -0.459. The number of carbonyl (C=O) groups is 1. The summed E-state index contributed by atoms with van der Waals surface area (Å²) in [4.78, 5) is 12.2. The molecule has 1 aromatic heterocycles.